The fourth-order valence-corrected chi connectivity index (χ4v) is 3.53. The minimum absolute atomic E-state index is 0.0752. The lowest BCUT2D eigenvalue weighted by atomic mass is 10.2. The molecule has 0 saturated carbocycles. The third kappa shape index (κ3) is 3.34. The van der Waals surface area contributed by atoms with Crippen molar-refractivity contribution in [1.82, 2.24) is 14.8 Å². The average molecular weight is 333 g/mol. The van der Waals surface area contributed by atoms with Gasteiger partial charge in [0.25, 0.3) is 0 Å². The van der Waals surface area contributed by atoms with Crippen LogP contribution in [0.1, 0.15) is 13.3 Å². The first kappa shape index (κ1) is 15.5. The molecule has 2 aromatic rings. The Balaban J connectivity index is 1.82. The summed E-state index contributed by atoms with van der Waals surface area (Å²) in [4.78, 5) is 28.9. The highest BCUT2D eigenvalue weighted by atomic mass is 32.2. The quantitative estimate of drug-likeness (QED) is 0.631. The van der Waals surface area contributed by atoms with Gasteiger partial charge in [-0.15, -0.1) is 11.8 Å². The average Bonchev–Trinajstić information content (AvgIpc) is 2.90. The lowest BCUT2D eigenvalue weighted by Crippen LogP contribution is -2.35. The van der Waals surface area contributed by atoms with Crippen molar-refractivity contribution in [2.75, 3.05) is 11.4 Å². The zero-order valence-corrected chi connectivity index (χ0v) is 13.3. The number of hydrogen-bond donors (Lipinski definition) is 0. The van der Waals surface area contributed by atoms with Crippen molar-refractivity contribution in [2.24, 2.45) is 0 Å². The topological polar surface area (TPSA) is 94.2 Å². The largest absolute Gasteiger partial charge is 0.490 e. The number of thioether (sulfide) groups is 1. The molecular formula is C14H15N5O3S. The smallest absolute Gasteiger partial charge is 0.390 e. The Bertz CT molecular complexity index is 748. The molecule has 1 atom stereocenters. The maximum Gasteiger partial charge on any atom is 0.490 e. The lowest BCUT2D eigenvalue weighted by molar-refractivity contribution is -0.394. The van der Waals surface area contributed by atoms with E-state index < -0.39 is 10.9 Å². The van der Waals surface area contributed by atoms with E-state index in [9.17, 15) is 14.9 Å². The summed E-state index contributed by atoms with van der Waals surface area (Å²) in [5.74, 6) is -0.662. The van der Waals surface area contributed by atoms with Gasteiger partial charge < -0.3 is 15.0 Å². The molecule has 0 fully saturated rings. The molecular weight excluding hydrogens is 318 g/mol. The number of aromatic nitrogens is 3. The maximum atomic E-state index is 12.6. The van der Waals surface area contributed by atoms with Gasteiger partial charge in [-0.05, 0) is 23.5 Å². The van der Waals surface area contributed by atoms with Crippen LogP contribution in [-0.2, 0) is 11.3 Å². The van der Waals surface area contributed by atoms with Crippen molar-refractivity contribution in [3.05, 3.63) is 40.7 Å². The van der Waals surface area contributed by atoms with E-state index in [1.54, 1.807) is 16.7 Å². The highest BCUT2D eigenvalue weighted by Crippen LogP contribution is 2.37. The molecule has 1 aliphatic rings. The van der Waals surface area contributed by atoms with Gasteiger partial charge in [0.2, 0.25) is 12.2 Å². The molecule has 2 heterocycles. The van der Waals surface area contributed by atoms with Crippen LogP contribution < -0.4 is 4.90 Å². The Morgan fingerprint density at radius 1 is 1.48 bits per heavy atom. The third-order valence-electron chi connectivity index (χ3n) is 3.53. The summed E-state index contributed by atoms with van der Waals surface area (Å²) in [7, 11) is 0. The highest BCUT2D eigenvalue weighted by molar-refractivity contribution is 8.00. The van der Waals surface area contributed by atoms with Crippen molar-refractivity contribution in [3.8, 4) is 0 Å². The zero-order chi connectivity index (χ0) is 16.4. The number of amides is 1. The fraction of sp³-hybridized carbons (Fsp3) is 0.357. The molecule has 8 nitrogen and oxygen atoms in total. The van der Waals surface area contributed by atoms with Gasteiger partial charge in [-0.2, -0.15) is 4.68 Å². The Morgan fingerprint density at radius 3 is 3.00 bits per heavy atom. The van der Waals surface area contributed by atoms with Crippen LogP contribution in [0.2, 0.25) is 0 Å². The van der Waals surface area contributed by atoms with Crippen molar-refractivity contribution in [3.63, 3.8) is 0 Å². The number of fused-ring (bicyclic) bond motifs is 1. The number of rotatable bonds is 3. The molecule has 3 rings (SSSR count). The van der Waals surface area contributed by atoms with Gasteiger partial charge in [-0.1, -0.05) is 24.0 Å². The molecule has 0 aliphatic carbocycles. The van der Waals surface area contributed by atoms with Crippen molar-refractivity contribution in [2.45, 2.75) is 30.0 Å². The lowest BCUT2D eigenvalue weighted by Gasteiger charge is -2.21. The van der Waals surface area contributed by atoms with Gasteiger partial charge in [-0.25, -0.2) is 0 Å². The van der Waals surface area contributed by atoms with Crippen LogP contribution in [0.4, 0.5) is 11.6 Å². The molecule has 0 spiro atoms. The van der Waals surface area contributed by atoms with E-state index in [1.807, 2.05) is 24.3 Å². The van der Waals surface area contributed by atoms with Crippen LogP contribution in [0.3, 0.4) is 0 Å². The van der Waals surface area contributed by atoms with E-state index in [0.717, 1.165) is 17.0 Å². The monoisotopic (exact) mass is 333 g/mol. The standard InChI is InChI=1S/C14H15N5O3S/c1-10-6-7-18(11-4-2-3-5-12(11)23-10)13(20)8-17-9-15-14(16-17)19(21)22/h2-5,9-10H,6-8H2,1H3. The number of carbonyl (C=O) groups excluding carboxylic acids is 1. The number of anilines is 1. The number of nitrogens with zero attached hydrogens (tertiary/aromatic N) is 5. The molecule has 23 heavy (non-hydrogen) atoms. The summed E-state index contributed by atoms with van der Waals surface area (Å²) in [5.41, 5.74) is 0.876. The summed E-state index contributed by atoms with van der Waals surface area (Å²) in [5, 5.41) is 14.7. The van der Waals surface area contributed by atoms with Crippen molar-refractivity contribution >= 4 is 29.3 Å². The molecule has 1 amide bonds. The van der Waals surface area contributed by atoms with Crippen LogP contribution in [-0.4, -0.2) is 37.4 Å². The Labute approximate surface area is 136 Å². The summed E-state index contributed by atoms with van der Waals surface area (Å²) in [6, 6.07) is 7.77. The molecule has 1 unspecified atom stereocenters. The maximum absolute atomic E-state index is 12.6. The molecule has 1 aromatic heterocycles. The number of nitro groups is 1. The van der Waals surface area contributed by atoms with E-state index in [-0.39, 0.29) is 12.5 Å². The number of carbonyl (C=O) groups is 1. The van der Waals surface area contributed by atoms with Crippen LogP contribution in [0.5, 0.6) is 0 Å². The van der Waals surface area contributed by atoms with E-state index in [1.165, 1.54) is 11.0 Å². The second kappa shape index (κ2) is 6.37. The first-order chi connectivity index (χ1) is 11.0. The van der Waals surface area contributed by atoms with E-state index in [4.69, 9.17) is 0 Å². The number of benzene rings is 1. The van der Waals surface area contributed by atoms with E-state index in [2.05, 4.69) is 17.0 Å². The first-order valence-electron chi connectivity index (χ1n) is 7.14. The summed E-state index contributed by atoms with van der Waals surface area (Å²) >= 11 is 1.75. The van der Waals surface area contributed by atoms with Crippen molar-refractivity contribution < 1.29 is 9.72 Å². The minimum Gasteiger partial charge on any atom is -0.390 e. The molecule has 0 bridgehead atoms. The Kier molecular flexibility index (Phi) is 4.28. The predicted octanol–water partition coefficient (Wildman–Crippen LogP) is 2.10. The predicted molar refractivity (Wildman–Crippen MR) is 85.4 cm³/mol. The van der Waals surface area contributed by atoms with Crippen molar-refractivity contribution in [1.29, 1.82) is 0 Å². The molecule has 120 valence electrons. The first-order valence-corrected chi connectivity index (χ1v) is 8.02. The van der Waals surface area contributed by atoms with Gasteiger partial charge in [0.05, 0.1) is 5.69 Å². The normalized spacial score (nSPS) is 17.4. The van der Waals surface area contributed by atoms with Crippen LogP contribution in [0.25, 0.3) is 0 Å². The molecule has 0 radical (unpaired) electrons. The van der Waals surface area contributed by atoms with Gasteiger partial charge in [0, 0.05) is 21.8 Å². The second-order valence-corrected chi connectivity index (χ2v) is 6.71. The van der Waals surface area contributed by atoms with Gasteiger partial charge in [0.1, 0.15) is 6.54 Å². The van der Waals surface area contributed by atoms with Crippen LogP contribution in [0, 0.1) is 10.1 Å². The molecule has 0 N–H and O–H groups in total. The Morgan fingerprint density at radius 2 is 2.26 bits per heavy atom. The highest BCUT2D eigenvalue weighted by Gasteiger charge is 2.25. The Hall–Kier alpha value is -2.42. The molecule has 0 saturated heterocycles. The van der Waals surface area contributed by atoms with Gasteiger partial charge >= 0.3 is 5.95 Å². The summed E-state index contributed by atoms with van der Waals surface area (Å²) < 4.78 is 1.20. The summed E-state index contributed by atoms with van der Waals surface area (Å²) in [6.45, 7) is 2.67. The van der Waals surface area contributed by atoms with E-state index >= 15 is 0 Å². The van der Waals surface area contributed by atoms with Crippen LogP contribution in [0.15, 0.2) is 35.5 Å². The van der Waals surface area contributed by atoms with E-state index in [0.29, 0.717) is 11.8 Å². The third-order valence-corrected chi connectivity index (χ3v) is 4.77. The summed E-state index contributed by atoms with van der Waals surface area (Å²) in [6.07, 6.45) is 2.08. The van der Waals surface area contributed by atoms with Crippen LogP contribution >= 0.6 is 11.8 Å². The minimum atomic E-state index is -0.680. The molecule has 1 aromatic carbocycles. The van der Waals surface area contributed by atoms with Gasteiger partial charge in [-0.3, -0.25) is 4.79 Å². The fourth-order valence-electron chi connectivity index (χ4n) is 2.41. The zero-order valence-electron chi connectivity index (χ0n) is 12.5. The molecule has 1 aliphatic heterocycles. The van der Waals surface area contributed by atoms with Gasteiger partial charge in [0.15, 0.2) is 0 Å². The number of para-hydroxylation sites is 1. The molecule has 9 heteroatoms. The SMILES string of the molecule is CC1CCN(C(=O)Cn2cnc([N+](=O)[O-])n2)c2ccccc2S1. The number of hydrogen-bond acceptors (Lipinski definition) is 6. The second-order valence-electron chi connectivity index (χ2n) is 5.23.